The Morgan fingerprint density at radius 3 is 2.91 bits per heavy atom. The van der Waals surface area contributed by atoms with Gasteiger partial charge in [-0.3, -0.25) is 9.89 Å². The number of fused-ring (bicyclic) bond motifs is 3. The number of H-pyrrole nitrogens is 1. The number of nitrogens with zero attached hydrogens (tertiary/aromatic N) is 1. The number of carbonyl (C=O) groups excluding carboxylic acids is 1. The van der Waals surface area contributed by atoms with Crippen molar-refractivity contribution in [3.8, 4) is 11.3 Å². The third-order valence-corrected chi connectivity index (χ3v) is 6.11. The number of aromatic nitrogens is 2. The van der Waals surface area contributed by atoms with Gasteiger partial charge in [-0.1, -0.05) is 17.7 Å². The van der Waals surface area contributed by atoms with Gasteiger partial charge in [-0.2, -0.15) is 5.10 Å². The summed E-state index contributed by atoms with van der Waals surface area (Å²) < 4.78 is 1.28. The van der Waals surface area contributed by atoms with E-state index in [2.05, 4.69) is 27.0 Å². The lowest BCUT2D eigenvalue weighted by Crippen LogP contribution is -2.14. The highest BCUT2D eigenvalue weighted by Crippen LogP contribution is 2.40. The van der Waals surface area contributed by atoms with E-state index in [1.807, 2.05) is 43.0 Å². The molecule has 0 bridgehead atoms. The van der Waals surface area contributed by atoms with Crippen molar-refractivity contribution < 1.29 is 4.79 Å². The summed E-state index contributed by atoms with van der Waals surface area (Å²) in [5.74, 6) is 0.830. The Hall–Kier alpha value is -2.05. The summed E-state index contributed by atoms with van der Waals surface area (Å²) in [5, 5.41) is 12.4. The van der Waals surface area contributed by atoms with Gasteiger partial charge in [0.1, 0.15) is 5.69 Å². The van der Waals surface area contributed by atoms with Crippen molar-refractivity contribution in [2.45, 2.75) is 17.6 Å². The Morgan fingerprint density at radius 1 is 1.26 bits per heavy atom. The van der Waals surface area contributed by atoms with E-state index in [-0.39, 0.29) is 5.91 Å². The van der Waals surface area contributed by atoms with Crippen molar-refractivity contribution in [3.63, 3.8) is 0 Å². The van der Waals surface area contributed by atoms with Crippen LogP contribution in [0.2, 0.25) is 0 Å². The van der Waals surface area contributed by atoms with Gasteiger partial charge >= 0.3 is 0 Å². The van der Waals surface area contributed by atoms with Crippen molar-refractivity contribution in [3.05, 3.63) is 52.5 Å². The summed E-state index contributed by atoms with van der Waals surface area (Å²) in [6, 6.07) is 9.87. The van der Waals surface area contributed by atoms with E-state index in [1.54, 1.807) is 11.3 Å². The number of carbonyl (C=O) groups is 1. The lowest BCUT2D eigenvalue weighted by Gasteiger charge is -2.06. The number of rotatable bonds is 2. The highest BCUT2D eigenvalue weighted by molar-refractivity contribution is 8.01. The van der Waals surface area contributed by atoms with E-state index in [4.69, 9.17) is 0 Å². The van der Waals surface area contributed by atoms with Crippen molar-refractivity contribution in [2.24, 2.45) is 0 Å². The Balaban J connectivity index is 1.66. The average molecular weight is 341 g/mol. The molecule has 116 valence electrons. The highest BCUT2D eigenvalue weighted by Gasteiger charge is 2.24. The average Bonchev–Trinajstić information content (AvgIpc) is 3.13. The van der Waals surface area contributed by atoms with Crippen LogP contribution in [-0.4, -0.2) is 21.9 Å². The molecule has 0 aliphatic carbocycles. The smallest absolute Gasteiger partial charge is 0.273 e. The molecule has 0 spiro atoms. The van der Waals surface area contributed by atoms with E-state index in [1.165, 1.54) is 9.77 Å². The molecule has 3 heterocycles. The number of hydrogen-bond donors (Lipinski definition) is 2. The molecule has 6 heteroatoms. The second kappa shape index (κ2) is 5.86. The number of aryl methyl sites for hydroxylation is 1. The lowest BCUT2D eigenvalue weighted by molar-refractivity contribution is 0.102. The topological polar surface area (TPSA) is 57.8 Å². The molecule has 1 aliphatic rings. The minimum absolute atomic E-state index is 0.133. The van der Waals surface area contributed by atoms with Crippen LogP contribution < -0.4 is 5.32 Å². The van der Waals surface area contributed by atoms with Crippen molar-refractivity contribution in [1.82, 2.24) is 10.2 Å². The molecule has 4 rings (SSSR count). The fourth-order valence-corrected chi connectivity index (χ4v) is 4.80. The molecule has 0 saturated heterocycles. The Morgan fingerprint density at radius 2 is 2.09 bits per heavy atom. The van der Waals surface area contributed by atoms with Gasteiger partial charge in [0.05, 0.1) is 9.90 Å². The molecule has 0 saturated carbocycles. The van der Waals surface area contributed by atoms with Gasteiger partial charge in [-0.25, -0.2) is 0 Å². The number of thiophene rings is 1. The number of hydrogen-bond acceptors (Lipinski definition) is 4. The summed E-state index contributed by atoms with van der Waals surface area (Å²) in [6.07, 6.45) is 0.842. The van der Waals surface area contributed by atoms with Crippen LogP contribution in [0.5, 0.6) is 0 Å². The molecule has 2 N–H and O–H groups in total. The fourth-order valence-electron chi connectivity index (χ4n) is 2.68. The van der Waals surface area contributed by atoms with E-state index >= 15 is 0 Å². The van der Waals surface area contributed by atoms with Crippen molar-refractivity contribution in [1.29, 1.82) is 0 Å². The highest BCUT2D eigenvalue weighted by atomic mass is 32.2. The first-order valence-electron chi connectivity index (χ1n) is 7.38. The number of anilines is 1. The number of aromatic amines is 1. The van der Waals surface area contributed by atoms with Gasteiger partial charge in [0.25, 0.3) is 5.91 Å². The zero-order valence-corrected chi connectivity index (χ0v) is 14.2. The van der Waals surface area contributed by atoms with Crippen LogP contribution in [0.1, 0.15) is 21.6 Å². The SMILES string of the molecule is Cc1ccc(NC(=O)c2[nH]nc3c2CCSc2sccc2-3)cc1. The van der Waals surface area contributed by atoms with Gasteiger partial charge < -0.3 is 5.32 Å². The van der Waals surface area contributed by atoms with Crippen LogP contribution in [0.3, 0.4) is 0 Å². The molecule has 0 radical (unpaired) electrons. The first-order valence-corrected chi connectivity index (χ1v) is 9.25. The predicted molar refractivity (Wildman–Crippen MR) is 95.5 cm³/mol. The summed E-state index contributed by atoms with van der Waals surface area (Å²) >= 11 is 3.57. The molecule has 2 aromatic heterocycles. The maximum atomic E-state index is 12.6. The van der Waals surface area contributed by atoms with E-state index < -0.39 is 0 Å². The van der Waals surface area contributed by atoms with Crippen LogP contribution in [0.25, 0.3) is 11.3 Å². The first kappa shape index (κ1) is 14.5. The standard InChI is InChI=1S/C17H15N3OS2/c1-10-2-4-11(5-3-10)18-16(21)15-12-6-8-22-17-13(7-9-23-17)14(12)19-20-15/h2-5,7,9H,6,8H2,1H3,(H,18,21)(H,19,20). The molecule has 1 aromatic carbocycles. The fraction of sp³-hybridized carbons (Fsp3) is 0.176. The summed E-state index contributed by atoms with van der Waals surface area (Å²) in [7, 11) is 0. The second-order valence-corrected chi connectivity index (χ2v) is 7.75. The number of thioether (sulfide) groups is 1. The Labute approximate surface area is 142 Å². The van der Waals surface area contributed by atoms with Gasteiger partial charge in [0.2, 0.25) is 0 Å². The van der Waals surface area contributed by atoms with Crippen LogP contribution in [-0.2, 0) is 6.42 Å². The molecule has 1 amide bonds. The van der Waals surface area contributed by atoms with E-state index in [9.17, 15) is 4.79 Å². The van der Waals surface area contributed by atoms with Crippen LogP contribution in [0.15, 0.2) is 39.9 Å². The van der Waals surface area contributed by atoms with Crippen molar-refractivity contribution >= 4 is 34.7 Å². The molecular formula is C17H15N3OS2. The second-order valence-electron chi connectivity index (χ2n) is 5.47. The molecule has 3 aromatic rings. The Bertz CT molecular complexity index is 864. The largest absolute Gasteiger partial charge is 0.321 e. The van der Waals surface area contributed by atoms with Gasteiger partial charge in [-0.15, -0.1) is 23.1 Å². The number of amides is 1. The molecule has 0 fully saturated rings. The lowest BCUT2D eigenvalue weighted by atomic mass is 10.1. The maximum absolute atomic E-state index is 12.6. The Kier molecular flexibility index (Phi) is 3.71. The third-order valence-electron chi connectivity index (χ3n) is 3.87. The van der Waals surface area contributed by atoms with Crippen LogP contribution in [0, 0.1) is 6.92 Å². The zero-order valence-electron chi connectivity index (χ0n) is 12.6. The molecule has 1 aliphatic heterocycles. The quantitative estimate of drug-likeness (QED) is 0.729. The molecule has 0 atom stereocenters. The first-order chi connectivity index (χ1) is 11.2. The minimum Gasteiger partial charge on any atom is -0.321 e. The van der Waals surface area contributed by atoms with Crippen LogP contribution in [0.4, 0.5) is 5.69 Å². The number of nitrogens with one attached hydrogen (secondary N) is 2. The molecule has 0 unspecified atom stereocenters. The molecular weight excluding hydrogens is 326 g/mol. The van der Waals surface area contributed by atoms with E-state index in [0.29, 0.717) is 5.69 Å². The zero-order chi connectivity index (χ0) is 15.8. The van der Waals surface area contributed by atoms with Crippen LogP contribution >= 0.6 is 23.1 Å². The predicted octanol–water partition coefficient (Wildman–Crippen LogP) is 4.35. The maximum Gasteiger partial charge on any atom is 0.273 e. The van der Waals surface area contributed by atoms with Gasteiger partial charge in [0.15, 0.2) is 0 Å². The molecule has 23 heavy (non-hydrogen) atoms. The normalized spacial score (nSPS) is 13.1. The third kappa shape index (κ3) is 2.68. The van der Waals surface area contributed by atoms with Crippen molar-refractivity contribution in [2.75, 3.05) is 11.1 Å². The monoisotopic (exact) mass is 341 g/mol. The summed E-state index contributed by atoms with van der Waals surface area (Å²) in [5.41, 5.74) is 5.60. The molecule has 4 nitrogen and oxygen atoms in total. The van der Waals surface area contributed by atoms with Gasteiger partial charge in [-0.05, 0) is 36.9 Å². The number of benzene rings is 1. The summed E-state index contributed by atoms with van der Waals surface area (Å²) in [4.78, 5) is 12.6. The summed E-state index contributed by atoms with van der Waals surface area (Å²) in [6.45, 7) is 2.02. The van der Waals surface area contributed by atoms with Gasteiger partial charge in [0, 0.05) is 22.6 Å². The minimum atomic E-state index is -0.133. The van der Waals surface area contributed by atoms with E-state index in [0.717, 1.165) is 34.7 Å².